The summed E-state index contributed by atoms with van der Waals surface area (Å²) in [6.07, 6.45) is 6.50. The molecule has 0 radical (unpaired) electrons. The molecular weight excluding hydrogens is 280 g/mol. The normalized spacial score (nSPS) is 23.4. The van der Waals surface area contributed by atoms with E-state index in [0.29, 0.717) is 19.6 Å². The Morgan fingerprint density at radius 1 is 1.50 bits per heavy atom. The van der Waals surface area contributed by atoms with Gasteiger partial charge in [-0.1, -0.05) is 0 Å². The number of carbonyl (C=O) groups excluding carboxylic acids is 1. The standard InChI is InChI=1S/C12H18N4O3S/c1-20(18,19)15-6-10-4-13-8-16(10)11(7-15)5-14-12(17)9-2-3-9/h4,8-9,11H,2-3,5-7H2,1H3,(H,14,17)/t11-/m1/s1. The topological polar surface area (TPSA) is 84.3 Å². The molecule has 1 aliphatic carbocycles. The molecule has 0 spiro atoms. The fraction of sp³-hybridized carbons (Fsp3) is 0.667. The lowest BCUT2D eigenvalue weighted by molar-refractivity contribution is -0.122. The summed E-state index contributed by atoms with van der Waals surface area (Å²) in [5.74, 6) is 0.231. The average Bonchev–Trinajstić information content (AvgIpc) is 3.12. The second-order valence-corrected chi connectivity index (χ2v) is 7.50. The number of rotatable bonds is 4. The SMILES string of the molecule is CS(=O)(=O)N1Cc2cncn2[C@H](CNC(=O)C2CC2)C1. The van der Waals surface area contributed by atoms with E-state index in [1.807, 2.05) is 4.57 Å². The largest absolute Gasteiger partial charge is 0.354 e. The lowest BCUT2D eigenvalue weighted by Gasteiger charge is -2.33. The molecule has 1 amide bonds. The van der Waals surface area contributed by atoms with Gasteiger partial charge in [-0.25, -0.2) is 13.4 Å². The van der Waals surface area contributed by atoms with Crippen LogP contribution in [0.15, 0.2) is 12.5 Å². The Hall–Kier alpha value is -1.41. The third kappa shape index (κ3) is 2.71. The van der Waals surface area contributed by atoms with Crippen LogP contribution in [0.1, 0.15) is 24.6 Å². The number of aromatic nitrogens is 2. The van der Waals surface area contributed by atoms with Crippen LogP contribution >= 0.6 is 0 Å². The maximum atomic E-state index is 11.7. The summed E-state index contributed by atoms with van der Waals surface area (Å²) in [7, 11) is -3.24. The van der Waals surface area contributed by atoms with Gasteiger partial charge in [0.2, 0.25) is 15.9 Å². The first-order chi connectivity index (χ1) is 9.45. The highest BCUT2D eigenvalue weighted by atomic mass is 32.2. The molecule has 1 atom stereocenters. The molecular formula is C12H18N4O3S. The van der Waals surface area contributed by atoms with E-state index in [9.17, 15) is 13.2 Å². The second kappa shape index (κ2) is 4.85. The van der Waals surface area contributed by atoms with Gasteiger partial charge in [-0.05, 0) is 12.8 Å². The van der Waals surface area contributed by atoms with Crippen molar-refractivity contribution in [2.75, 3.05) is 19.3 Å². The van der Waals surface area contributed by atoms with Gasteiger partial charge in [0.05, 0.1) is 30.9 Å². The summed E-state index contributed by atoms with van der Waals surface area (Å²) >= 11 is 0. The highest BCUT2D eigenvalue weighted by molar-refractivity contribution is 7.88. The van der Waals surface area contributed by atoms with Crippen molar-refractivity contribution < 1.29 is 13.2 Å². The summed E-state index contributed by atoms with van der Waals surface area (Å²) in [4.78, 5) is 15.8. The van der Waals surface area contributed by atoms with E-state index in [0.717, 1.165) is 18.5 Å². The van der Waals surface area contributed by atoms with E-state index in [4.69, 9.17) is 0 Å². The monoisotopic (exact) mass is 298 g/mol. The van der Waals surface area contributed by atoms with E-state index in [2.05, 4.69) is 10.3 Å². The van der Waals surface area contributed by atoms with Crippen LogP contribution in [0, 0.1) is 5.92 Å². The van der Waals surface area contributed by atoms with E-state index >= 15 is 0 Å². The molecule has 1 aromatic heterocycles. The highest BCUT2D eigenvalue weighted by Crippen LogP contribution is 2.29. The zero-order chi connectivity index (χ0) is 14.3. The Balaban J connectivity index is 1.73. The number of fused-ring (bicyclic) bond motifs is 1. The molecule has 1 saturated carbocycles. The van der Waals surface area contributed by atoms with E-state index in [1.54, 1.807) is 12.5 Å². The fourth-order valence-electron chi connectivity index (χ4n) is 2.48. The van der Waals surface area contributed by atoms with Gasteiger partial charge in [-0.3, -0.25) is 4.79 Å². The number of amides is 1. The lowest BCUT2D eigenvalue weighted by atomic mass is 10.2. The van der Waals surface area contributed by atoms with Crippen molar-refractivity contribution in [3.63, 3.8) is 0 Å². The first-order valence-corrected chi connectivity index (χ1v) is 8.53. The molecule has 0 bridgehead atoms. The first kappa shape index (κ1) is 13.6. The molecule has 3 rings (SSSR count). The molecule has 0 saturated heterocycles. The van der Waals surface area contributed by atoms with Crippen molar-refractivity contribution >= 4 is 15.9 Å². The zero-order valence-corrected chi connectivity index (χ0v) is 12.1. The van der Waals surface area contributed by atoms with Gasteiger partial charge in [0, 0.05) is 25.2 Å². The quantitative estimate of drug-likeness (QED) is 0.829. The number of carbonyl (C=O) groups is 1. The third-order valence-electron chi connectivity index (χ3n) is 3.82. The Bertz CT molecular complexity index is 620. The van der Waals surface area contributed by atoms with Crippen LogP contribution in [-0.4, -0.2) is 47.5 Å². The van der Waals surface area contributed by atoms with Crippen molar-refractivity contribution in [3.8, 4) is 0 Å². The molecule has 2 aliphatic rings. The van der Waals surface area contributed by atoms with Crippen LogP contribution in [-0.2, 0) is 21.4 Å². The molecule has 1 aliphatic heterocycles. The minimum Gasteiger partial charge on any atom is -0.354 e. The number of sulfonamides is 1. The number of hydrogen-bond donors (Lipinski definition) is 1. The molecule has 0 aromatic carbocycles. The average molecular weight is 298 g/mol. The van der Waals surface area contributed by atoms with Crippen LogP contribution in [0.4, 0.5) is 0 Å². The summed E-state index contributed by atoms with van der Waals surface area (Å²) < 4.78 is 26.8. The Kier molecular flexibility index (Phi) is 3.29. The molecule has 2 heterocycles. The minimum absolute atomic E-state index is 0.0724. The predicted molar refractivity (Wildman–Crippen MR) is 72.3 cm³/mol. The van der Waals surface area contributed by atoms with Gasteiger partial charge in [-0.15, -0.1) is 0 Å². The van der Waals surface area contributed by atoms with E-state index in [1.165, 1.54) is 10.6 Å². The minimum atomic E-state index is -3.24. The fourth-order valence-corrected chi connectivity index (χ4v) is 3.28. The van der Waals surface area contributed by atoms with Crippen molar-refractivity contribution in [1.29, 1.82) is 0 Å². The lowest BCUT2D eigenvalue weighted by Crippen LogP contribution is -2.44. The van der Waals surface area contributed by atoms with Crippen LogP contribution in [0.3, 0.4) is 0 Å². The second-order valence-electron chi connectivity index (χ2n) is 5.52. The van der Waals surface area contributed by atoms with Crippen LogP contribution in [0.5, 0.6) is 0 Å². The van der Waals surface area contributed by atoms with Crippen molar-refractivity contribution in [3.05, 3.63) is 18.2 Å². The molecule has 1 N–H and O–H groups in total. The van der Waals surface area contributed by atoms with Gasteiger partial charge in [0.15, 0.2) is 0 Å². The van der Waals surface area contributed by atoms with Gasteiger partial charge in [0.1, 0.15) is 0 Å². The third-order valence-corrected chi connectivity index (χ3v) is 5.04. The Morgan fingerprint density at radius 2 is 2.25 bits per heavy atom. The predicted octanol–water partition coefficient (Wildman–Crippen LogP) is -0.274. The summed E-state index contributed by atoms with van der Waals surface area (Å²) in [6, 6.07) is -0.0984. The van der Waals surface area contributed by atoms with Crippen LogP contribution < -0.4 is 5.32 Å². The van der Waals surface area contributed by atoms with Crippen molar-refractivity contribution in [1.82, 2.24) is 19.2 Å². The van der Waals surface area contributed by atoms with Crippen molar-refractivity contribution in [2.45, 2.75) is 25.4 Å². The first-order valence-electron chi connectivity index (χ1n) is 6.68. The van der Waals surface area contributed by atoms with Crippen LogP contribution in [0.25, 0.3) is 0 Å². The number of imidazole rings is 1. The molecule has 110 valence electrons. The Labute approximate surface area is 118 Å². The number of hydrogen-bond acceptors (Lipinski definition) is 4. The van der Waals surface area contributed by atoms with Gasteiger partial charge >= 0.3 is 0 Å². The van der Waals surface area contributed by atoms with Crippen LogP contribution in [0.2, 0.25) is 0 Å². The molecule has 1 aromatic rings. The summed E-state index contributed by atoms with van der Waals surface area (Å²) in [5, 5.41) is 2.91. The number of nitrogens with one attached hydrogen (secondary N) is 1. The summed E-state index contributed by atoms with van der Waals surface area (Å²) in [5.41, 5.74) is 0.854. The molecule has 20 heavy (non-hydrogen) atoms. The van der Waals surface area contributed by atoms with Gasteiger partial charge < -0.3 is 9.88 Å². The highest BCUT2D eigenvalue weighted by Gasteiger charge is 2.32. The summed E-state index contributed by atoms with van der Waals surface area (Å²) in [6.45, 7) is 1.14. The molecule has 8 heteroatoms. The smallest absolute Gasteiger partial charge is 0.223 e. The van der Waals surface area contributed by atoms with Gasteiger partial charge in [-0.2, -0.15) is 4.31 Å². The molecule has 1 fully saturated rings. The maximum absolute atomic E-state index is 11.7. The van der Waals surface area contributed by atoms with Crippen molar-refractivity contribution in [2.24, 2.45) is 5.92 Å². The van der Waals surface area contributed by atoms with E-state index in [-0.39, 0.29) is 17.9 Å². The zero-order valence-electron chi connectivity index (χ0n) is 11.3. The van der Waals surface area contributed by atoms with Gasteiger partial charge in [0.25, 0.3) is 0 Å². The molecule has 0 unspecified atom stereocenters. The maximum Gasteiger partial charge on any atom is 0.223 e. The number of nitrogens with zero attached hydrogens (tertiary/aromatic N) is 3. The van der Waals surface area contributed by atoms with E-state index < -0.39 is 10.0 Å². The molecule has 7 nitrogen and oxygen atoms in total. The Morgan fingerprint density at radius 3 is 2.90 bits per heavy atom.